The Kier molecular flexibility index (Phi) is 9.45. The molecule has 90 valence electrons. The second-order valence-corrected chi connectivity index (χ2v) is 10.2. The second kappa shape index (κ2) is 8.94. The van der Waals surface area contributed by atoms with E-state index in [1.165, 1.54) is 19.3 Å². The summed E-state index contributed by atoms with van der Waals surface area (Å²) < 4.78 is 7.57. The minimum Gasteiger partial charge on any atom is -0.327 e. The molecule has 0 fully saturated rings. The van der Waals surface area contributed by atoms with Gasteiger partial charge in [-0.05, 0) is 25.2 Å². The van der Waals surface area contributed by atoms with Crippen molar-refractivity contribution in [2.24, 2.45) is 0 Å². The van der Waals surface area contributed by atoms with Gasteiger partial charge in [0.2, 0.25) is 5.62 Å². The van der Waals surface area contributed by atoms with Crippen LogP contribution in [0.4, 0.5) is 0 Å². The Morgan fingerprint density at radius 1 is 1.40 bits per heavy atom. The monoisotopic (exact) mass is 285 g/mol. The van der Waals surface area contributed by atoms with Crippen LogP contribution >= 0.6 is 29.2 Å². The minimum absolute atomic E-state index is 0.658. The van der Waals surface area contributed by atoms with Gasteiger partial charge in [0.05, 0.1) is 12.1 Å². The Morgan fingerprint density at radius 3 is 2.53 bits per heavy atom. The molecule has 0 aliphatic carbocycles. The Hall–Kier alpha value is 0.850. The van der Waals surface area contributed by atoms with Crippen LogP contribution in [-0.4, -0.2) is 29.6 Å². The summed E-state index contributed by atoms with van der Waals surface area (Å²) in [5, 5.41) is 0. The van der Waals surface area contributed by atoms with Crippen molar-refractivity contribution in [2.75, 3.05) is 19.4 Å². The number of rotatable bonds is 9. The van der Waals surface area contributed by atoms with Crippen LogP contribution in [0.5, 0.6) is 0 Å². The number of thiocarbonyl (C=S) groups is 1. The zero-order valence-corrected chi connectivity index (χ0v) is 13.0. The van der Waals surface area contributed by atoms with Crippen LogP contribution in [0.15, 0.2) is 0 Å². The first-order chi connectivity index (χ1) is 7.10. The zero-order valence-electron chi connectivity index (χ0n) is 9.64. The summed E-state index contributed by atoms with van der Waals surface area (Å²) in [6.45, 7) is 4.84. The van der Waals surface area contributed by atoms with Crippen LogP contribution in [-0.2, 0) is 16.3 Å². The van der Waals surface area contributed by atoms with E-state index in [4.69, 9.17) is 28.5 Å². The first-order valence-corrected chi connectivity index (χ1v) is 9.92. The third kappa shape index (κ3) is 6.22. The summed E-state index contributed by atoms with van der Waals surface area (Å²) in [5.41, 5.74) is -0.327. The maximum absolute atomic E-state index is 5.68. The molecule has 0 saturated carbocycles. The van der Waals surface area contributed by atoms with E-state index in [0.29, 0.717) is 6.61 Å². The van der Waals surface area contributed by atoms with Gasteiger partial charge >= 0.3 is 0 Å². The summed E-state index contributed by atoms with van der Waals surface area (Å²) in [4.78, 5) is 0. The maximum atomic E-state index is 5.68. The molecule has 6 heteroatoms. The van der Waals surface area contributed by atoms with Crippen LogP contribution in [0.1, 0.15) is 33.1 Å². The van der Waals surface area contributed by atoms with Crippen LogP contribution in [0.2, 0.25) is 0 Å². The largest absolute Gasteiger partial charge is 0.327 e. The highest BCUT2D eigenvalue weighted by molar-refractivity contribution is 8.68. The van der Waals surface area contributed by atoms with E-state index in [1.807, 2.05) is 18.6 Å². The van der Waals surface area contributed by atoms with Crippen molar-refractivity contribution in [3.8, 4) is 0 Å². The highest BCUT2D eigenvalue weighted by Gasteiger charge is 2.21. The summed E-state index contributed by atoms with van der Waals surface area (Å²) in [7, 11) is 1.91. The van der Waals surface area contributed by atoms with Gasteiger partial charge in [0.15, 0.2) is 0 Å². The molecule has 1 atom stereocenters. The molecule has 0 spiro atoms. The Labute approximate surface area is 108 Å². The summed E-state index contributed by atoms with van der Waals surface area (Å²) in [6, 6.07) is 0. The van der Waals surface area contributed by atoms with Gasteiger partial charge in [-0.25, -0.2) is 0 Å². The lowest BCUT2D eigenvalue weighted by atomic mass is 10.3. The van der Waals surface area contributed by atoms with E-state index in [2.05, 4.69) is 6.92 Å². The predicted octanol–water partition coefficient (Wildman–Crippen LogP) is 4.06. The molecule has 0 saturated heterocycles. The van der Waals surface area contributed by atoms with E-state index in [0.717, 1.165) is 5.75 Å². The number of unbranched alkanes of at least 4 members (excludes halogenated alkanes) is 2. The molecule has 0 bridgehead atoms. The van der Waals surface area contributed by atoms with E-state index in [1.54, 1.807) is 16.9 Å². The molecule has 0 N–H and O–H groups in total. The van der Waals surface area contributed by atoms with Crippen molar-refractivity contribution < 1.29 is 4.52 Å². The Balaban J connectivity index is 4.13. The van der Waals surface area contributed by atoms with Gasteiger partial charge in [0, 0.05) is 12.8 Å². The first-order valence-electron chi connectivity index (χ1n) is 5.18. The molecule has 2 nitrogen and oxygen atoms in total. The number of hydrogen-bond acceptors (Lipinski definition) is 4. The van der Waals surface area contributed by atoms with Gasteiger partial charge in [-0.1, -0.05) is 43.4 Å². The van der Waals surface area contributed by atoms with Gasteiger partial charge in [0.1, 0.15) is 0 Å². The summed E-state index contributed by atoms with van der Waals surface area (Å²) in [6.07, 6.45) is 3.70. The molecule has 0 rings (SSSR count). The fourth-order valence-corrected chi connectivity index (χ4v) is 6.61. The fraction of sp³-hybridized carbons (Fsp3) is 0.889. The van der Waals surface area contributed by atoms with Gasteiger partial charge < -0.3 is 9.19 Å². The fourth-order valence-electron chi connectivity index (χ4n) is 0.972. The van der Waals surface area contributed by atoms with Crippen LogP contribution in [0.25, 0.3) is 0 Å². The molecule has 0 radical (unpaired) electrons. The molecule has 0 aliphatic heterocycles. The van der Waals surface area contributed by atoms with Crippen molar-refractivity contribution in [1.82, 2.24) is 4.67 Å². The molecule has 1 unspecified atom stereocenters. The smallest absolute Gasteiger partial charge is 0.213 e. The Bertz CT molecular complexity index is 225. The van der Waals surface area contributed by atoms with E-state index in [-0.39, 0.29) is 0 Å². The van der Waals surface area contributed by atoms with Crippen molar-refractivity contribution in [2.45, 2.75) is 33.1 Å². The van der Waals surface area contributed by atoms with E-state index >= 15 is 0 Å². The van der Waals surface area contributed by atoms with E-state index < -0.39 is 5.62 Å². The van der Waals surface area contributed by atoms with Crippen molar-refractivity contribution in [3.05, 3.63) is 0 Å². The van der Waals surface area contributed by atoms with Gasteiger partial charge in [-0.2, -0.15) is 0 Å². The third-order valence-corrected chi connectivity index (χ3v) is 9.23. The molecule has 0 aliphatic rings. The number of hydrogen-bond donors (Lipinski definition) is 0. The van der Waals surface area contributed by atoms with E-state index in [9.17, 15) is 0 Å². The highest BCUT2D eigenvalue weighted by Crippen LogP contribution is 2.61. The summed E-state index contributed by atoms with van der Waals surface area (Å²) >= 11 is 12.2. The average molecular weight is 285 g/mol. The highest BCUT2D eigenvalue weighted by atomic mass is 32.9. The molecular formula is C9H20NOPS3. The maximum Gasteiger partial charge on any atom is 0.213 e. The van der Waals surface area contributed by atoms with Gasteiger partial charge in [0.25, 0.3) is 0 Å². The molecule has 0 aromatic carbocycles. The third-order valence-electron chi connectivity index (χ3n) is 1.83. The summed E-state index contributed by atoms with van der Waals surface area (Å²) in [5.74, 6) is 1.07. The predicted molar refractivity (Wildman–Crippen MR) is 79.3 cm³/mol. The lowest BCUT2D eigenvalue weighted by Crippen LogP contribution is -2.11. The molecular weight excluding hydrogens is 265 g/mol. The van der Waals surface area contributed by atoms with Crippen LogP contribution in [0.3, 0.4) is 0 Å². The standard InChI is InChI=1S/C9H20NOPS3/c1-4-6-7-8-15-12(14,11-5-2)10(3)9-13/h9H,4-8H2,1-3H3. The zero-order chi connectivity index (χ0) is 11.7. The molecule has 0 heterocycles. The van der Waals surface area contributed by atoms with Gasteiger partial charge in [-0.15, -0.1) is 0 Å². The van der Waals surface area contributed by atoms with Gasteiger partial charge in [-0.3, -0.25) is 0 Å². The SMILES string of the molecule is CCCCCSP(=S)(OCC)N(C)C=S. The minimum atomic E-state index is -1.93. The molecule has 0 amide bonds. The van der Waals surface area contributed by atoms with Crippen LogP contribution < -0.4 is 0 Å². The quantitative estimate of drug-likeness (QED) is 0.359. The molecule has 0 aromatic heterocycles. The second-order valence-electron chi connectivity index (χ2n) is 3.11. The normalized spacial score (nSPS) is 14.6. The topological polar surface area (TPSA) is 12.5 Å². The lowest BCUT2D eigenvalue weighted by Gasteiger charge is -2.28. The average Bonchev–Trinajstić information content (AvgIpc) is 2.23. The van der Waals surface area contributed by atoms with Crippen molar-refractivity contribution in [1.29, 1.82) is 0 Å². The van der Waals surface area contributed by atoms with Crippen molar-refractivity contribution >= 4 is 46.5 Å². The lowest BCUT2D eigenvalue weighted by molar-refractivity contribution is 0.369. The van der Waals surface area contributed by atoms with Crippen LogP contribution in [0, 0.1) is 0 Å². The molecule has 0 aromatic rings. The van der Waals surface area contributed by atoms with Crippen molar-refractivity contribution in [3.63, 3.8) is 0 Å². The first kappa shape index (κ1) is 15.9. The molecule has 15 heavy (non-hydrogen) atoms. The Morgan fingerprint density at radius 2 is 2.07 bits per heavy atom. The number of nitrogens with zero attached hydrogens (tertiary/aromatic N) is 1.